The lowest BCUT2D eigenvalue weighted by atomic mass is 9.83. The third kappa shape index (κ3) is 4.12. The van der Waals surface area contributed by atoms with Crippen LogP contribution in [0.4, 0.5) is 0 Å². The first-order valence-corrected chi connectivity index (χ1v) is 12.4. The molecule has 1 aliphatic rings. The van der Waals surface area contributed by atoms with Gasteiger partial charge in [0.05, 0.1) is 23.1 Å². The Kier molecular flexibility index (Phi) is 6.45. The molecule has 0 spiro atoms. The highest BCUT2D eigenvalue weighted by Gasteiger charge is 2.33. The average Bonchev–Trinajstić information content (AvgIpc) is 3.19. The molecule has 2 N–H and O–H groups in total. The maximum absolute atomic E-state index is 13.0. The van der Waals surface area contributed by atoms with Crippen LogP contribution in [0.15, 0.2) is 66.1 Å². The van der Waals surface area contributed by atoms with E-state index in [9.17, 15) is 10.1 Å². The molecule has 36 heavy (non-hydrogen) atoms. The van der Waals surface area contributed by atoms with Crippen LogP contribution >= 0.6 is 46.1 Å². The number of nitriles is 1. The Morgan fingerprint density at radius 3 is 2.64 bits per heavy atom. The Labute approximate surface area is 225 Å². The molecule has 2 heterocycles. The van der Waals surface area contributed by atoms with Gasteiger partial charge in [0.2, 0.25) is 5.88 Å². The first-order chi connectivity index (χ1) is 17.3. The van der Waals surface area contributed by atoms with Crippen molar-refractivity contribution in [1.82, 2.24) is 0 Å². The Morgan fingerprint density at radius 1 is 1.11 bits per heavy atom. The molecule has 180 valence electrons. The van der Waals surface area contributed by atoms with Crippen LogP contribution in [0, 0.1) is 11.3 Å². The summed E-state index contributed by atoms with van der Waals surface area (Å²) in [5.74, 6) is -0.0587. The number of methoxy groups -OCH3 is 1. The number of thiophene rings is 1. The molecule has 10 heteroatoms. The summed E-state index contributed by atoms with van der Waals surface area (Å²) in [6.07, 6.45) is 0. The van der Waals surface area contributed by atoms with E-state index in [-0.39, 0.29) is 27.1 Å². The molecule has 0 amide bonds. The fourth-order valence-electron chi connectivity index (χ4n) is 4.12. The van der Waals surface area contributed by atoms with Gasteiger partial charge in [0.1, 0.15) is 33.8 Å². The SMILES string of the molecule is COc1ccccc1C1C(C#N)=C(N)Oc2cc(OC(=O)c3sc4cc(Cl)cc(Cl)c4c3Cl)ccc21. The van der Waals surface area contributed by atoms with Crippen molar-refractivity contribution < 1.29 is 19.0 Å². The number of para-hydroxylation sites is 1. The van der Waals surface area contributed by atoms with Crippen molar-refractivity contribution in [1.29, 1.82) is 5.26 Å². The predicted molar refractivity (Wildman–Crippen MR) is 141 cm³/mol. The molecule has 0 aliphatic carbocycles. The van der Waals surface area contributed by atoms with E-state index in [4.69, 9.17) is 54.7 Å². The number of nitrogens with two attached hydrogens (primary N) is 1. The lowest BCUT2D eigenvalue weighted by molar-refractivity contribution is 0.0740. The largest absolute Gasteiger partial charge is 0.496 e. The summed E-state index contributed by atoms with van der Waals surface area (Å²) in [5.41, 5.74) is 7.78. The number of rotatable bonds is 4. The fourth-order valence-corrected chi connectivity index (χ4v) is 6.37. The van der Waals surface area contributed by atoms with E-state index >= 15 is 0 Å². The minimum atomic E-state index is -0.661. The van der Waals surface area contributed by atoms with Gasteiger partial charge in [-0.15, -0.1) is 11.3 Å². The van der Waals surface area contributed by atoms with Gasteiger partial charge in [0.15, 0.2) is 0 Å². The normalized spacial score (nSPS) is 14.7. The van der Waals surface area contributed by atoms with Gasteiger partial charge in [-0.05, 0) is 24.3 Å². The third-order valence-electron chi connectivity index (χ3n) is 5.69. The molecule has 4 aromatic rings. The van der Waals surface area contributed by atoms with Crippen LogP contribution in [-0.2, 0) is 0 Å². The number of nitrogens with zero attached hydrogens (tertiary/aromatic N) is 1. The van der Waals surface area contributed by atoms with Crippen LogP contribution in [0.25, 0.3) is 10.1 Å². The van der Waals surface area contributed by atoms with Crippen molar-refractivity contribution in [2.24, 2.45) is 5.73 Å². The number of carbonyl (C=O) groups excluding carboxylic acids is 1. The highest BCUT2D eigenvalue weighted by molar-refractivity contribution is 7.21. The molecule has 5 rings (SSSR count). The second-order valence-corrected chi connectivity index (χ2v) is 10.0. The smallest absolute Gasteiger partial charge is 0.355 e. The molecule has 0 bridgehead atoms. The van der Waals surface area contributed by atoms with Crippen LogP contribution in [0.5, 0.6) is 17.2 Å². The van der Waals surface area contributed by atoms with E-state index in [1.165, 1.54) is 0 Å². The lowest BCUT2D eigenvalue weighted by Gasteiger charge is -2.27. The topological polar surface area (TPSA) is 94.6 Å². The highest BCUT2D eigenvalue weighted by atomic mass is 35.5. The maximum Gasteiger partial charge on any atom is 0.355 e. The summed E-state index contributed by atoms with van der Waals surface area (Å²) in [4.78, 5) is 13.2. The number of allylic oxidation sites excluding steroid dienone is 1. The number of carbonyl (C=O) groups is 1. The number of halogens is 3. The molecule has 1 aromatic heterocycles. The number of fused-ring (bicyclic) bond motifs is 2. The molecule has 0 saturated carbocycles. The molecule has 0 radical (unpaired) electrons. The number of esters is 1. The summed E-state index contributed by atoms with van der Waals surface area (Å²) < 4.78 is 17.5. The average molecular weight is 558 g/mol. The van der Waals surface area contributed by atoms with E-state index in [1.807, 2.05) is 18.2 Å². The van der Waals surface area contributed by atoms with Crippen LogP contribution in [0.2, 0.25) is 15.1 Å². The summed E-state index contributed by atoms with van der Waals surface area (Å²) in [6.45, 7) is 0. The van der Waals surface area contributed by atoms with Gasteiger partial charge in [0, 0.05) is 32.3 Å². The second-order valence-electron chi connectivity index (χ2n) is 7.76. The van der Waals surface area contributed by atoms with E-state index in [1.54, 1.807) is 43.5 Å². The first-order valence-electron chi connectivity index (χ1n) is 10.5. The van der Waals surface area contributed by atoms with E-state index in [2.05, 4.69) is 6.07 Å². The quantitative estimate of drug-likeness (QED) is 0.209. The summed E-state index contributed by atoms with van der Waals surface area (Å²) >= 11 is 19.9. The standard InChI is InChI=1S/C26H15Cl3N2O4S/c1-33-18-5-3-2-4-14(18)21-15-7-6-13(10-19(15)35-25(31)16(21)11-30)34-26(32)24-23(29)22-17(28)8-12(27)9-20(22)36-24/h2-10,21H,31H2,1H3. The molecule has 1 unspecified atom stereocenters. The molecule has 0 fully saturated rings. The minimum absolute atomic E-state index is 0.0385. The van der Waals surface area contributed by atoms with Crippen LogP contribution in [0.1, 0.15) is 26.7 Å². The van der Waals surface area contributed by atoms with E-state index in [0.29, 0.717) is 37.2 Å². The van der Waals surface area contributed by atoms with Crippen molar-refractivity contribution in [3.05, 3.63) is 97.1 Å². The Morgan fingerprint density at radius 2 is 1.89 bits per heavy atom. The van der Waals surface area contributed by atoms with Gasteiger partial charge in [-0.3, -0.25) is 0 Å². The van der Waals surface area contributed by atoms with Gasteiger partial charge in [-0.1, -0.05) is 59.1 Å². The monoisotopic (exact) mass is 556 g/mol. The second kappa shape index (κ2) is 9.57. The minimum Gasteiger partial charge on any atom is -0.496 e. The lowest BCUT2D eigenvalue weighted by Crippen LogP contribution is -2.21. The Hall–Kier alpha value is -3.41. The molecule has 3 aromatic carbocycles. The summed E-state index contributed by atoms with van der Waals surface area (Å²) in [6, 6.07) is 17.6. The number of hydrogen-bond acceptors (Lipinski definition) is 7. The van der Waals surface area contributed by atoms with Gasteiger partial charge < -0.3 is 19.9 Å². The first kappa shape index (κ1) is 24.3. The summed E-state index contributed by atoms with van der Waals surface area (Å²) in [7, 11) is 1.56. The third-order valence-corrected chi connectivity index (χ3v) is 7.81. The number of hydrogen-bond donors (Lipinski definition) is 1. The summed E-state index contributed by atoms with van der Waals surface area (Å²) in [5, 5.41) is 11.3. The van der Waals surface area contributed by atoms with Gasteiger partial charge in [-0.2, -0.15) is 5.26 Å². The fraction of sp³-hybridized carbons (Fsp3) is 0.0769. The molecular weight excluding hydrogens is 543 g/mol. The van der Waals surface area contributed by atoms with Crippen LogP contribution in [0.3, 0.4) is 0 Å². The molecule has 1 atom stereocenters. The van der Waals surface area contributed by atoms with Gasteiger partial charge in [-0.25, -0.2) is 4.79 Å². The van der Waals surface area contributed by atoms with Crippen LogP contribution in [-0.4, -0.2) is 13.1 Å². The predicted octanol–water partition coefficient (Wildman–Crippen LogP) is 7.31. The van der Waals surface area contributed by atoms with Crippen molar-refractivity contribution in [3.63, 3.8) is 0 Å². The van der Waals surface area contributed by atoms with E-state index in [0.717, 1.165) is 16.9 Å². The van der Waals surface area contributed by atoms with E-state index < -0.39 is 11.9 Å². The number of ether oxygens (including phenoxy) is 3. The Balaban J connectivity index is 1.52. The maximum atomic E-state index is 13.0. The molecular formula is C26H15Cl3N2O4S. The van der Waals surface area contributed by atoms with Crippen molar-refractivity contribution >= 4 is 62.2 Å². The van der Waals surface area contributed by atoms with Gasteiger partial charge in [0.25, 0.3) is 0 Å². The zero-order valence-corrected chi connectivity index (χ0v) is 21.6. The van der Waals surface area contributed by atoms with Crippen molar-refractivity contribution in [2.45, 2.75) is 5.92 Å². The molecule has 0 saturated heterocycles. The van der Waals surface area contributed by atoms with Crippen LogP contribution < -0.4 is 19.9 Å². The molecule has 6 nitrogen and oxygen atoms in total. The molecule has 1 aliphatic heterocycles. The van der Waals surface area contributed by atoms with Crippen molar-refractivity contribution in [2.75, 3.05) is 7.11 Å². The Bertz CT molecular complexity index is 1620. The highest BCUT2D eigenvalue weighted by Crippen LogP contribution is 2.46. The van der Waals surface area contributed by atoms with Gasteiger partial charge >= 0.3 is 5.97 Å². The zero-order valence-electron chi connectivity index (χ0n) is 18.5. The van der Waals surface area contributed by atoms with Crippen molar-refractivity contribution in [3.8, 4) is 23.3 Å². The number of benzene rings is 3. The zero-order chi connectivity index (χ0) is 25.6.